The predicted octanol–water partition coefficient (Wildman–Crippen LogP) is 1.69. The molecule has 1 aromatic carbocycles. The third-order valence-electron chi connectivity index (χ3n) is 3.57. The first kappa shape index (κ1) is 15.9. The van der Waals surface area contributed by atoms with Gasteiger partial charge < -0.3 is 0 Å². The van der Waals surface area contributed by atoms with E-state index in [1.807, 2.05) is 13.0 Å². The van der Waals surface area contributed by atoms with Gasteiger partial charge in [-0.3, -0.25) is 19.3 Å². The Balaban J connectivity index is 2.19. The number of carbonyl (C=O) groups is 4. The van der Waals surface area contributed by atoms with Gasteiger partial charge in [0, 0.05) is 12.1 Å². The fraction of sp³-hybridized carbons (Fsp3) is 0.375. The number of hydrogen-bond donors (Lipinski definition) is 0. The van der Waals surface area contributed by atoms with E-state index in [-0.39, 0.29) is 12.3 Å². The highest BCUT2D eigenvalue weighted by Gasteiger charge is 2.44. The minimum absolute atomic E-state index is 0.178. The lowest BCUT2D eigenvalue weighted by atomic mass is 10.0. The zero-order valence-electron chi connectivity index (χ0n) is 12.9. The van der Waals surface area contributed by atoms with E-state index in [4.69, 9.17) is 0 Å². The number of benzene rings is 1. The molecule has 0 aliphatic carbocycles. The van der Waals surface area contributed by atoms with E-state index in [1.165, 1.54) is 0 Å². The van der Waals surface area contributed by atoms with Crippen molar-refractivity contribution < 1.29 is 19.2 Å². The van der Waals surface area contributed by atoms with Crippen molar-refractivity contribution in [3.8, 4) is 0 Å². The molecule has 1 aromatic rings. The number of Topliss-reactive ketones (excluding diaryl/α,β-unsaturated/α-hetero) is 1. The van der Waals surface area contributed by atoms with Crippen molar-refractivity contribution in [1.82, 2.24) is 9.80 Å². The van der Waals surface area contributed by atoms with Crippen LogP contribution >= 0.6 is 0 Å². The van der Waals surface area contributed by atoms with Crippen molar-refractivity contribution in [2.45, 2.75) is 27.2 Å². The highest BCUT2D eigenvalue weighted by Crippen LogP contribution is 2.16. The molecular weight excluding hydrogens is 284 g/mol. The van der Waals surface area contributed by atoms with Crippen LogP contribution in [0.15, 0.2) is 18.2 Å². The van der Waals surface area contributed by atoms with Gasteiger partial charge in [-0.1, -0.05) is 30.7 Å². The lowest BCUT2D eigenvalue weighted by molar-refractivity contribution is -0.143. The number of nitrogens with zero attached hydrogens (tertiary/aromatic N) is 2. The normalized spacial score (nSPS) is 15.0. The first-order chi connectivity index (χ1) is 10.4. The Labute approximate surface area is 128 Å². The fourth-order valence-corrected chi connectivity index (χ4v) is 2.47. The maximum absolute atomic E-state index is 12.3. The summed E-state index contributed by atoms with van der Waals surface area (Å²) in [5.41, 5.74) is 2.25. The molecule has 1 aliphatic heterocycles. The van der Waals surface area contributed by atoms with Gasteiger partial charge in [0.1, 0.15) is 0 Å². The third kappa shape index (κ3) is 2.77. The van der Waals surface area contributed by atoms with Gasteiger partial charge in [-0.05, 0) is 25.8 Å². The summed E-state index contributed by atoms with van der Waals surface area (Å²) < 4.78 is 0. The molecular formula is C16H18N2O4. The molecule has 1 fully saturated rings. The minimum Gasteiger partial charge on any atom is -0.292 e. The topological polar surface area (TPSA) is 74.8 Å². The molecule has 4 amide bonds. The summed E-state index contributed by atoms with van der Waals surface area (Å²) in [6.07, 6.45) is 0.559. The molecule has 0 unspecified atom stereocenters. The third-order valence-corrected chi connectivity index (χ3v) is 3.57. The Kier molecular flexibility index (Phi) is 4.40. The van der Waals surface area contributed by atoms with Gasteiger partial charge in [0.25, 0.3) is 0 Å². The lowest BCUT2D eigenvalue weighted by Gasteiger charge is -2.15. The van der Waals surface area contributed by atoms with Crippen molar-refractivity contribution in [1.29, 1.82) is 0 Å². The van der Waals surface area contributed by atoms with Crippen LogP contribution in [-0.4, -0.2) is 46.5 Å². The maximum atomic E-state index is 12.3. The summed E-state index contributed by atoms with van der Waals surface area (Å²) in [6.45, 7) is 5.28. The number of rotatable bonds is 5. The standard InChI is InChI=1S/C16H18N2O4/c1-4-7-17-14(20)15(21)18(16(17)22)9-13(19)12-6-5-10(2)8-11(12)3/h5-6,8H,4,7,9H2,1-3H3. The molecule has 1 saturated heterocycles. The van der Waals surface area contributed by atoms with Crippen LogP contribution in [0.4, 0.5) is 4.79 Å². The largest absolute Gasteiger partial charge is 0.334 e. The average Bonchev–Trinajstić information content (AvgIpc) is 2.65. The first-order valence-corrected chi connectivity index (χ1v) is 7.14. The van der Waals surface area contributed by atoms with E-state index in [2.05, 4.69) is 0 Å². The van der Waals surface area contributed by atoms with Crippen molar-refractivity contribution in [3.05, 3.63) is 34.9 Å². The molecule has 1 aliphatic rings. The quantitative estimate of drug-likeness (QED) is 0.471. The van der Waals surface area contributed by atoms with E-state index in [0.29, 0.717) is 12.0 Å². The molecule has 22 heavy (non-hydrogen) atoms. The van der Waals surface area contributed by atoms with Gasteiger partial charge in [-0.2, -0.15) is 0 Å². The van der Waals surface area contributed by atoms with Crippen molar-refractivity contribution in [3.63, 3.8) is 0 Å². The van der Waals surface area contributed by atoms with E-state index in [0.717, 1.165) is 20.9 Å². The summed E-state index contributed by atoms with van der Waals surface area (Å²) in [4.78, 5) is 49.6. The first-order valence-electron chi connectivity index (χ1n) is 7.14. The molecule has 0 bridgehead atoms. The summed E-state index contributed by atoms with van der Waals surface area (Å²) in [5.74, 6) is -2.15. The molecule has 1 heterocycles. The van der Waals surface area contributed by atoms with Gasteiger partial charge in [-0.15, -0.1) is 0 Å². The molecule has 116 valence electrons. The molecule has 0 saturated carbocycles. The number of carbonyl (C=O) groups excluding carboxylic acids is 4. The van der Waals surface area contributed by atoms with Crippen LogP contribution in [0.3, 0.4) is 0 Å². The monoisotopic (exact) mass is 302 g/mol. The zero-order valence-corrected chi connectivity index (χ0v) is 12.9. The summed E-state index contributed by atoms with van der Waals surface area (Å²) >= 11 is 0. The second-order valence-electron chi connectivity index (χ2n) is 5.37. The fourth-order valence-electron chi connectivity index (χ4n) is 2.47. The Hall–Kier alpha value is -2.50. The second kappa shape index (κ2) is 6.09. The molecule has 6 heteroatoms. The van der Waals surface area contributed by atoms with Crippen LogP contribution in [-0.2, 0) is 9.59 Å². The Morgan fingerprint density at radius 1 is 1.05 bits per heavy atom. The summed E-state index contributed by atoms with van der Waals surface area (Å²) in [6, 6.07) is 4.61. The van der Waals surface area contributed by atoms with Crippen molar-refractivity contribution >= 4 is 23.6 Å². The minimum atomic E-state index is -0.934. The van der Waals surface area contributed by atoms with Crippen LogP contribution in [0.2, 0.25) is 0 Å². The number of aryl methyl sites for hydroxylation is 2. The number of imide groups is 2. The van der Waals surface area contributed by atoms with Crippen molar-refractivity contribution in [2.24, 2.45) is 0 Å². The van der Waals surface area contributed by atoms with Crippen LogP contribution in [0.5, 0.6) is 0 Å². The van der Waals surface area contributed by atoms with Gasteiger partial charge >= 0.3 is 17.8 Å². The predicted molar refractivity (Wildman–Crippen MR) is 79.4 cm³/mol. The molecule has 6 nitrogen and oxygen atoms in total. The van der Waals surface area contributed by atoms with Gasteiger partial charge in [0.05, 0.1) is 6.54 Å². The van der Waals surface area contributed by atoms with Gasteiger partial charge in [-0.25, -0.2) is 9.69 Å². The van der Waals surface area contributed by atoms with Gasteiger partial charge in [0.2, 0.25) is 0 Å². The smallest absolute Gasteiger partial charge is 0.292 e. The highest BCUT2D eigenvalue weighted by atomic mass is 16.2. The van der Waals surface area contributed by atoms with E-state index < -0.39 is 24.4 Å². The van der Waals surface area contributed by atoms with E-state index in [9.17, 15) is 19.2 Å². The Morgan fingerprint density at radius 2 is 1.68 bits per heavy atom. The van der Waals surface area contributed by atoms with Crippen molar-refractivity contribution in [2.75, 3.05) is 13.1 Å². The lowest BCUT2D eigenvalue weighted by Crippen LogP contribution is -2.37. The molecule has 2 rings (SSSR count). The van der Waals surface area contributed by atoms with Gasteiger partial charge in [0.15, 0.2) is 5.78 Å². The number of amides is 4. The molecule has 0 atom stereocenters. The Bertz CT molecular complexity index is 666. The van der Waals surface area contributed by atoms with Crippen LogP contribution in [0, 0.1) is 13.8 Å². The summed E-state index contributed by atoms with van der Waals surface area (Å²) in [5, 5.41) is 0. The van der Waals surface area contributed by atoms with Crippen LogP contribution < -0.4 is 0 Å². The van der Waals surface area contributed by atoms with E-state index >= 15 is 0 Å². The SMILES string of the molecule is CCCN1C(=O)C(=O)N(CC(=O)c2ccc(C)cc2C)C1=O. The molecule has 0 spiro atoms. The molecule has 0 radical (unpaired) electrons. The van der Waals surface area contributed by atoms with E-state index in [1.54, 1.807) is 26.0 Å². The number of ketones is 1. The van der Waals surface area contributed by atoms with Crippen LogP contribution in [0.25, 0.3) is 0 Å². The maximum Gasteiger partial charge on any atom is 0.334 e. The summed E-state index contributed by atoms with van der Waals surface area (Å²) in [7, 11) is 0. The average molecular weight is 302 g/mol. The van der Waals surface area contributed by atoms with Crippen LogP contribution in [0.1, 0.15) is 34.8 Å². The molecule has 0 aromatic heterocycles. The second-order valence-corrected chi connectivity index (χ2v) is 5.37. The highest BCUT2D eigenvalue weighted by molar-refractivity contribution is 6.45. The number of urea groups is 1. The Morgan fingerprint density at radius 3 is 2.27 bits per heavy atom. The number of hydrogen-bond acceptors (Lipinski definition) is 4. The molecule has 0 N–H and O–H groups in total. The zero-order chi connectivity index (χ0) is 16.4.